The van der Waals surface area contributed by atoms with Crippen molar-refractivity contribution < 1.29 is 4.79 Å². The quantitative estimate of drug-likeness (QED) is 0.856. The lowest BCUT2D eigenvalue weighted by Crippen LogP contribution is -2.14. The molecule has 2 aromatic rings. The van der Waals surface area contributed by atoms with Crippen molar-refractivity contribution in [3.63, 3.8) is 0 Å². The molecular formula is C13H13N3O. The zero-order valence-corrected chi connectivity index (χ0v) is 9.77. The predicted octanol–water partition coefficient (Wildman–Crippen LogP) is 2.35. The van der Waals surface area contributed by atoms with Gasteiger partial charge in [-0.05, 0) is 26.0 Å². The maximum atomic E-state index is 11.9. The van der Waals surface area contributed by atoms with Gasteiger partial charge in [-0.1, -0.05) is 18.2 Å². The summed E-state index contributed by atoms with van der Waals surface area (Å²) in [4.78, 5) is 20.0. The van der Waals surface area contributed by atoms with Crippen LogP contribution in [0.5, 0.6) is 0 Å². The fraction of sp³-hybridized carbons (Fsp3) is 0.154. The molecule has 0 fully saturated rings. The topological polar surface area (TPSA) is 54.9 Å². The number of aryl methyl sites for hydroxylation is 1. The summed E-state index contributed by atoms with van der Waals surface area (Å²) in [6.07, 6.45) is 1.45. The van der Waals surface area contributed by atoms with Crippen molar-refractivity contribution in [3.05, 3.63) is 53.5 Å². The molecule has 86 valence electrons. The number of nitrogens with one attached hydrogen (secondary N) is 1. The van der Waals surface area contributed by atoms with Crippen LogP contribution in [-0.4, -0.2) is 15.9 Å². The van der Waals surface area contributed by atoms with E-state index in [4.69, 9.17) is 0 Å². The molecule has 1 N–H and O–H groups in total. The van der Waals surface area contributed by atoms with Crippen molar-refractivity contribution in [2.45, 2.75) is 13.8 Å². The molecule has 0 unspecified atom stereocenters. The Morgan fingerprint density at radius 1 is 1.12 bits per heavy atom. The van der Waals surface area contributed by atoms with Gasteiger partial charge in [0.15, 0.2) is 0 Å². The lowest BCUT2D eigenvalue weighted by Gasteiger charge is -2.08. The van der Waals surface area contributed by atoms with Crippen LogP contribution in [0, 0.1) is 13.8 Å². The van der Waals surface area contributed by atoms with E-state index in [-0.39, 0.29) is 5.91 Å². The Hall–Kier alpha value is -2.23. The van der Waals surface area contributed by atoms with Crippen molar-refractivity contribution in [2.24, 2.45) is 0 Å². The smallest absolute Gasteiger partial charge is 0.256 e. The largest absolute Gasteiger partial charge is 0.306 e. The second kappa shape index (κ2) is 4.74. The highest BCUT2D eigenvalue weighted by molar-refractivity contribution is 6.04. The summed E-state index contributed by atoms with van der Waals surface area (Å²) in [5.41, 5.74) is 2.36. The number of aromatic nitrogens is 2. The number of benzene rings is 1. The fourth-order valence-electron chi connectivity index (χ4n) is 1.43. The summed E-state index contributed by atoms with van der Waals surface area (Å²) in [5.74, 6) is 0.401. The van der Waals surface area contributed by atoms with Gasteiger partial charge in [0.2, 0.25) is 0 Å². The molecule has 0 atom stereocenters. The second-order valence-corrected chi connectivity index (χ2v) is 3.75. The lowest BCUT2D eigenvalue weighted by atomic mass is 10.2. The molecule has 0 aliphatic heterocycles. The highest BCUT2D eigenvalue weighted by Gasteiger charge is 2.09. The molecule has 0 saturated heterocycles. The number of hydrogen-bond acceptors (Lipinski definition) is 3. The first-order chi connectivity index (χ1) is 8.18. The number of rotatable bonds is 2. The van der Waals surface area contributed by atoms with Crippen LogP contribution in [-0.2, 0) is 0 Å². The van der Waals surface area contributed by atoms with Gasteiger partial charge in [-0.3, -0.25) is 4.79 Å². The molecule has 1 heterocycles. The Morgan fingerprint density at radius 2 is 1.82 bits per heavy atom. The van der Waals surface area contributed by atoms with Crippen LogP contribution in [0.25, 0.3) is 0 Å². The molecule has 4 nitrogen and oxygen atoms in total. The maximum absolute atomic E-state index is 11.9. The molecule has 2 rings (SSSR count). The van der Waals surface area contributed by atoms with Gasteiger partial charge in [0.05, 0.1) is 0 Å². The predicted molar refractivity (Wildman–Crippen MR) is 65.9 cm³/mol. The third kappa shape index (κ3) is 2.47. The number of carbonyl (C=O) groups is 1. The van der Waals surface area contributed by atoms with Crippen molar-refractivity contribution in [3.8, 4) is 0 Å². The van der Waals surface area contributed by atoms with Crippen LogP contribution < -0.4 is 5.32 Å². The molecule has 1 aromatic carbocycles. The monoisotopic (exact) mass is 227 g/mol. The van der Waals surface area contributed by atoms with Crippen LogP contribution >= 0.6 is 0 Å². The van der Waals surface area contributed by atoms with E-state index in [0.29, 0.717) is 11.4 Å². The van der Waals surface area contributed by atoms with E-state index in [1.165, 1.54) is 6.33 Å². The molecule has 4 heteroatoms. The third-order valence-electron chi connectivity index (χ3n) is 2.60. The summed E-state index contributed by atoms with van der Waals surface area (Å²) < 4.78 is 0. The van der Waals surface area contributed by atoms with Gasteiger partial charge < -0.3 is 5.32 Å². The highest BCUT2D eigenvalue weighted by Crippen LogP contribution is 2.13. The Bertz CT molecular complexity index is 538. The molecule has 0 spiro atoms. The van der Waals surface area contributed by atoms with Gasteiger partial charge in [-0.25, -0.2) is 9.97 Å². The first kappa shape index (κ1) is 11.3. The van der Waals surface area contributed by atoms with E-state index in [2.05, 4.69) is 15.3 Å². The zero-order valence-electron chi connectivity index (χ0n) is 9.77. The normalized spacial score (nSPS) is 10.0. The van der Waals surface area contributed by atoms with Crippen LogP contribution in [0.2, 0.25) is 0 Å². The number of anilines is 1. The molecule has 0 saturated carbocycles. The SMILES string of the molecule is Cc1ncnc(NC(=O)c2ccccc2)c1C. The van der Waals surface area contributed by atoms with E-state index in [1.54, 1.807) is 12.1 Å². The van der Waals surface area contributed by atoms with E-state index in [9.17, 15) is 4.79 Å². The van der Waals surface area contributed by atoms with E-state index >= 15 is 0 Å². The molecule has 0 bridgehead atoms. The minimum Gasteiger partial charge on any atom is -0.306 e. The maximum Gasteiger partial charge on any atom is 0.256 e. The number of nitrogens with zero attached hydrogens (tertiary/aromatic N) is 2. The summed E-state index contributed by atoms with van der Waals surface area (Å²) in [5, 5.41) is 2.78. The van der Waals surface area contributed by atoms with Gasteiger partial charge in [-0.2, -0.15) is 0 Å². The average Bonchev–Trinajstić information content (AvgIpc) is 2.36. The second-order valence-electron chi connectivity index (χ2n) is 3.75. The standard InChI is InChI=1S/C13H13N3O/c1-9-10(2)14-8-15-12(9)16-13(17)11-6-4-3-5-7-11/h3-8H,1-2H3,(H,14,15,16,17). The van der Waals surface area contributed by atoms with Gasteiger partial charge >= 0.3 is 0 Å². The Labute approximate surface area is 99.7 Å². The van der Waals surface area contributed by atoms with Gasteiger partial charge in [0.1, 0.15) is 12.1 Å². The summed E-state index contributed by atoms with van der Waals surface area (Å²) in [6, 6.07) is 9.05. The Morgan fingerprint density at radius 3 is 2.53 bits per heavy atom. The van der Waals surface area contributed by atoms with Crippen LogP contribution in [0.3, 0.4) is 0 Å². The van der Waals surface area contributed by atoms with Crippen molar-refractivity contribution in [1.82, 2.24) is 9.97 Å². The molecule has 1 aromatic heterocycles. The molecular weight excluding hydrogens is 214 g/mol. The zero-order chi connectivity index (χ0) is 12.3. The summed E-state index contributed by atoms with van der Waals surface area (Å²) >= 11 is 0. The highest BCUT2D eigenvalue weighted by atomic mass is 16.1. The van der Waals surface area contributed by atoms with E-state index in [1.807, 2.05) is 32.0 Å². The first-order valence-electron chi connectivity index (χ1n) is 5.33. The van der Waals surface area contributed by atoms with Crippen molar-refractivity contribution >= 4 is 11.7 Å². The van der Waals surface area contributed by atoms with E-state index in [0.717, 1.165) is 11.3 Å². The van der Waals surface area contributed by atoms with Crippen LogP contribution in [0.1, 0.15) is 21.6 Å². The molecule has 17 heavy (non-hydrogen) atoms. The summed E-state index contributed by atoms with van der Waals surface area (Å²) in [6.45, 7) is 3.77. The Kier molecular flexibility index (Phi) is 3.14. The molecule has 1 amide bonds. The lowest BCUT2D eigenvalue weighted by molar-refractivity contribution is 0.102. The number of hydrogen-bond donors (Lipinski definition) is 1. The van der Waals surface area contributed by atoms with Gasteiger partial charge in [0.25, 0.3) is 5.91 Å². The van der Waals surface area contributed by atoms with Crippen LogP contribution in [0.15, 0.2) is 36.7 Å². The molecule has 0 aliphatic carbocycles. The number of amides is 1. The van der Waals surface area contributed by atoms with Crippen molar-refractivity contribution in [2.75, 3.05) is 5.32 Å². The van der Waals surface area contributed by atoms with Crippen molar-refractivity contribution in [1.29, 1.82) is 0 Å². The number of carbonyl (C=O) groups excluding carboxylic acids is 1. The van der Waals surface area contributed by atoms with Crippen LogP contribution in [0.4, 0.5) is 5.82 Å². The molecule has 0 aliphatic rings. The Balaban J connectivity index is 2.22. The summed E-state index contributed by atoms with van der Waals surface area (Å²) in [7, 11) is 0. The first-order valence-corrected chi connectivity index (χ1v) is 5.33. The minimum atomic E-state index is -0.160. The fourth-order valence-corrected chi connectivity index (χ4v) is 1.43. The molecule has 0 radical (unpaired) electrons. The van der Waals surface area contributed by atoms with E-state index < -0.39 is 0 Å². The van der Waals surface area contributed by atoms with Gasteiger partial charge in [-0.15, -0.1) is 0 Å². The average molecular weight is 227 g/mol. The minimum absolute atomic E-state index is 0.160. The van der Waals surface area contributed by atoms with Gasteiger partial charge in [0, 0.05) is 16.8 Å². The third-order valence-corrected chi connectivity index (χ3v) is 2.60.